The van der Waals surface area contributed by atoms with Crippen molar-refractivity contribution in [1.29, 1.82) is 0 Å². The summed E-state index contributed by atoms with van der Waals surface area (Å²) >= 11 is 1.86. The molecule has 11 aromatic rings. The molecule has 252 valence electrons. The van der Waals surface area contributed by atoms with Crippen LogP contribution in [0.3, 0.4) is 0 Å². The smallest absolute Gasteiger partial charge is 0.0468 e. The lowest BCUT2D eigenvalue weighted by molar-refractivity contribution is 1.29. The van der Waals surface area contributed by atoms with Gasteiger partial charge < -0.3 is 4.90 Å². The third-order valence-corrected chi connectivity index (χ3v) is 12.2. The quantitative estimate of drug-likeness (QED) is 0.161. The van der Waals surface area contributed by atoms with Crippen molar-refractivity contribution in [2.75, 3.05) is 4.90 Å². The second kappa shape index (κ2) is 12.4. The van der Waals surface area contributed by atoms with Crippen LogP contribution >= 0.6 is 11.3 Å². The molecule has 0 saturated carbocycles. The first-order chi connectivity index (χ1) is 26.8. The van der Waals surface area contributed by atoms with Crippen LogP contribution in [0.5, 0.6) is 0 Å². The molecule has 0 radical (unpaired) electrons. The molecule has 0 bridgehead atoms. The molecule has 11 rings (SSSR count). The standard InChI is InChI=1S/C52H33NS/c1-3-13-42-34(10-1)12-9-18-43(42)36-22-26-39(27-23-36)53(41-30-31-51-49(33-41)46-16-7-8-19-50(46)54-51)40-28-24-37(25-29-40)48-32-38-21-20-35-11-2-4-14-44(35)52(38)47-17-6-5-15-45(47)48/h1-33H. The van der Waals surface area contributed by atoms with Gasteiger partial charge in [0.1, 0.15) is 0 Å². The molecular weight excluding hydrogens is 671 g/mol. The highest BCUT2D eigenvalue weighted by molar-refractivity contribution is 7.25. The lowest BCUT2D eigenvalue weighted by Gasteiger charge is -2.26. The molecule has 1 aromatic heterocycles. The van der Waals surface area contributed by atoms with Gasteiger partial charge in [0.25, 0.3) is 0 Å². The van der Waals surface area contributed by atoms with Gasteiger partial charge in [-0.2, -0.15) is 0 Å². The summed E-state index contributed by atoms with van der Waals surface area (Å²) in [7, 11) is 0. The summed E-state index contributed by atoms with van der Waals surface area (Å²) in [6.07, 6.45) is 0. The van der Waals surface area contributed by atoms with Crippen LogP contribution in [0.15, 0.2) is 200 Å². The highest BCUT2D eigenvalue weighted by Crippen LogP contribution is 2.43. The average Bonchev–Trinajstić information content (AvgIpc) is 3.62. The largest absolute Gasteiger partial charge is 0.310 e. The first kappa shape index (κ1) is 30.8. The van der Waals surface area contributed by atoms with Crippen molar-refractivity contribution >= 4 is 91.7 Å². The van der Waals surface area contributed by atoms with Crippen molar-refractivity contribution in [2.45, 2.75) is 0 Å². The number of hydrogen-bond acceptors (Lipinski definition) is 2. The van der Waals surface area contributed by atoms with E-state index < -0.39 is 0 Å². The summed E-state index contributed by atoms with van der Waals surface area (Å²) in [4.78, 5) is 2.40. The van der Waals surface area contributed by atoms with Gasteiger partial charge in [-0.1, -0.05) is 146 Å². The minimum atomic E-state index is 1.12. The fourth-order valence-corrected chi connectivity index (χ4v) is 9.56. The lowest BCUT2D eigenvalue weighted by atomic mass is 9.90. The monoisotopic (exact) mass is 703 g/mol. The van der Waals surface area contributed by atoms with Crippen LogP contribution in [-0.2, 0) is 0 Å². The van der Waals surface area contributed by atoms with Crippen LogP contribution in [-0.4, -0.2) is 0 Å². The molecule has 0 aliphatic heterocycles. The van der Waals surface area contributed by atoms with Crippen molar-refractivity contribution in [3.8, 4) is 22.3 Å². The minimum absolute atomic E-state index is 1.12. The minimum Gasteiger partial charge on any atom is -0.310 e. The molecule has 54 heavy (non-hydrogen) atoms. The summed E-state index contributed by atoms with van der Waals surface area (Å²) in [5, 5.41) is 12.8. The van der Waals surface area contributed by atoms with Crippen LogP contribution in [0.25, 0.3) is 85.5 Å². The Morgan fingerprint density at radius 1 is 0.296 bits per heavy atom. The Labute approximate surface area is 317 Å². The first-order valence-electron chi connectivity index (χ1n) is 18.5. The Balaban J connectivity index is 1.05. The number of fused-ring (bicyclic) bond motifs is 9. The van der Waals surface area contributed by atoms with Gasteiger partial charge in [0.15, 0.2) is 0 Å². The number of thiophene rings is 1. The van der Waals surface area contributed by atoms with E-state index in [0.29, 0.717) is 0 Å². The summed E-state index contributed by atoms with van der Waals surface area (Å²) in [5.41, 5.74) is 8.28. The number of nitrogens with zero attached hydrogens (tertiary/aromatic N) is 1. The SMILES string of the molecule is c1ccc2c(-c3ccc(N(c4ccc(-c5cc6ccc7ccccc7c6c6ccccc56)cc4)c4ccc5sc6ccccc6c5c4)cc3)cccc2c1. The normalized spacial score (nSPS) is 11.7. The van der Waals surface area contributed by atoms with E-state index in [1.165, 1.54) is 85.5 Å². The molecule has 10 aromatic carbocycles. The Morgan fingerprint density at radius 2 is 0.833 bits per heavy atom. The number of anilines is 3. The van der Waals surface area contributed by atoms with E-state index in [9.17, 15) is 0 Å². The van der Waals surface area contributed by atoms with E-state index in [1.54, 1.807) is 0 Å². The predicted octanol–water partition coefficient (Wildman–Crippen LogP) is 15.5. The maximum absolute atomic E-state index is 2.40. The molecule has 2 heteroatoms. The molecule has 0 aliphatic rings. The van der Waals surface area contributed by atoms with Crippen LogP contribution in [0, 0.1) is 0 Å². The van der Waals surface area contributed by atoms with E-state index in [1.807, 2.05) is 11.3 Å². The molecular formula is C52H33NS. The van der Waals surface area contributed by atoms with Crippen LogP contribution in [0.2, 0.25) is 0 Å². The zero-order valence-corrected chi connectivity index (χ0v) is 30.2. The maximum atomic E-state index is 2.40. The van der Waals surface area contributed by atoms with Crippen LogP contribution in [0.1, 0.15) is 0 Å². The van der Waals surface area contributed by atoms with Crippen molar-refractivity contribution < 1.29 is 0 Å². The highest BCUT2D eigenvalue weighted by atomic mass is 32.1. The van der Waals surface area contributed by atoms with Crippen molar-refractivity contribution in [2.24, 2.45) is 0 Å². The second-order valence-electron chi connectivity index (χ2n) is 14.1. The van der Waals surface area contributed by atoms with Crippen molar-refractivity contribution in [3.63, 3.8) is 0 Å². The molecule has 0 N–H and O–H groups in total. The molecule has 0 atom stereocenters. The Morgan fingerprint density at radius 3 is 1.59 bits per heavy atom. The molecule has 0 fully saturated rings. The van der Waals surface area contributed by atoms with Gasteiger partial charge in [-0.25, -0.2) is 0 Å². The zero-order valence-electron chi connectivity index (χ0n) is 29.4. The van der Waals surface area contributed by atoms with E-state index in [2.05, 4.69) is 205 Å². The maximum Gasteiger partial charge on any atom is 0.0468 e. The summed E-state index contributed by atoms with van der Waals surface area (Å²) in [6, 6.07) is 73.5. The van der Waals surface area contributed by atoms with Gasteiger partial charge in [0, 0.05) is 37.2 Å². The van der Waals surface area contributed by atoms with Crippen LogP contribution < -0.4 is 4.90 Å². The molecule has 1 nitrogen and oxygen atoms in total. The van der Waals surface area contributed by atoms with E-state index in [0.717, 1.165) is 17.1 Å². The molecule has 0 spiro atoms. The molecule has 0 unspecified atom stereocenters. The van der Waals surface area contributed by atoms with Gasteiger partial charge >= 0.3 is 0 Å². The molecule has 0 amide bonds. The van der Waals surface area contributed by atoms with E-state index >= 15 is 0 Å². The third-order valence-electron chi connectivity index (χ3n) is 11.0. The van der Waals surface area contributed by atoms with Crippen molar-refractivity contribution in [1.82, 2.24) is 0 Å². The molecule has 0 saturated heterocycles. The number of hydrogen-bond donors (Lipinski definition) is 0. The fourth-order valence-electron chi connectivity index (χ4n) is 8.47. The molecule has 1 heterocycles. The van der Waals surface area contributed by atoms with Gasteiger partial charge in [0.05, 0.1) is 0 Å². The van der Waals surface area contributed by atoms with Crippen LogP contribution in [0.4, 0.5) is 17.1 Å². The number of benzene rings is 10. The Hall–Kier alpha value is -6.74. The predicted molar refractivity (Wildman–Crippen MR) is 235 cm³/mol. The highest BCUT2D eigenvalue weighted by Gasteiger charge is 2.17. The summed E-state index contributed by atoms with van der Waals surface area (Å²) in [6.45, 7) is 0. The van der Waals surface area contributed by atoms with Gasteiger partial charge in [-0.15, -0.1) is 11.3 Å². The Bertz CT molecular complexity index is 3200. The Kier molecular flexibility index (Phi) is 7.11. The third kappa shape index (κ3) is 4.99. The zero-order chi connectivity index (χ0) is 35.6. The second-order valence-corrected chi connectivity index (χ2v) is 15.2. The van der Waals surface area contributed by atoms with Gasteiger partial charge in [-0.3, -0.25) is 0 Å². The number of rotatable bonds is 5. The molecule has 0 aliphatic carbocycles. The topological polar surface area (TPSA) is 3.24 Å². The van der Waals surface area contributed by atoms with Gasteiger partial charge in [-0.05, 0) is 120 Å². The van der Waals surface area contributed by atoms with Gasteiger partial charge in [0.2, 0.25) is 0 Å². The van der Waals surface area contributed by atoms with E-state index in [4.69, 9.17) is 0 Å². The summed E-state index contributed by atoms with van der Waals surface area (Å²) in [5.74, 6) is 0. The lowest BCUT2D eigenvalue weighted by Crippen LogP contribution is -2.09. The first-order valence-corrected chi connectivity index (χ1v) is 19.3. The van der Waals surface area contributed by atoms with Crippen molar-refractivity contribution in [3.05, 3.63) is 200 Å². The average molecular weight is 704 g/mol. The summed E-state index contributed by atoms with van der Waals surface area (Å²) < 4.78 is 2.62. The van der Waals surface area contributed by atoms with E-state index in [-0.39, 0.29) is 0 Å². The fraction of sp³-hybridized carbons (Fsp3) is 0.